The van der Waals surface area contributed by atoms with Gasteiger partial charge in [-0.25, -0.2) is 4.52 Å². The number of likely N-dealkylation sites (tertiary alicyclic amines) is 1. The number of anilines is 2. The van der Waals surface area contributed by atoms with E-state index >= 15 is 0 Å². The second-order valence-corrected chi connectivity index (χ2v) is 8.02. The number of nitrogens with zero attached hydrogens (tertiary/aromatic N) is 4. The van der Waals surface area contributed by atoms with E-state index in [1.54, 1.807) is 0 Å². The molecule has 0 atom stereocenters. The van der Waals surface area contributed by atoms with Crippen LogP contribution in [0.15, 0.2) is 66.7 Å². The number of rotatable bonds is 8. The summed E-state index contributed by atoms with van der Waals surface area (Å²) in [7, 11) is 0. The van der Waals surface area contributed by atoms with Gasteiger partial charge >= 0.3 is 0 Å². The summed E-state index contributed by atoms with van der Waals surface area (Å²) in [6.45, 7) is 4.07. The minimum Gasteiger partial charge on any atom is -0.492 e. The molecule has 0 unspecified atom stereocenters. The Balaban J connectivity index is 1.28. The molecule has 2 aromatic heterocycles. The van der Waals surface area contributed by atoms with Crippen LogP contribution in [0.5, 0.6) is 5.75 Å². The zero-order chi connectivity index (χ0) is 21.8. The number of fused-ring (bicyclic) bond motifs is 1. The third-order valence-corrected chi connectivity index (χ3v) is 5.75. The van der Waals surface area contributed by atoms with Crippen LogP contribution >= 0.6 is 0 Å². The zero-order valence-electron chi connectivity index (χ0n) is 17.9. The van der Waals surface area contributed by atoms with E-state index in [0.717, 1.165) is 40.4 Å². The maximum atomic E-state index is 9.45. The SMILES string of the molecule is OCc1cccc(-c2cccc3nc(Nc4ccc(OCCN5CCCC5)cc4)nn23)c1. The van der Waals surface area contributed by atoms with Crippen molar-refractivity contribution in [2.75, 3.05) is 31.6 Å². The Kier molecular flexibility index (Phi) is 6.00. The molecule has 7 nitrogen and oxygen atoms in total. The van der Waals surface area contributed by atoms with Crippen molar-refractivity contribution in [2.24, 2.45) is 0 Å². The Morgan fingerprint density at radius 3 is 2.59 bits per heavy atom. The van der Waals surface area contributed by atoms with Crippen LogP contribution in [-0.4, -0.2) is 50.8 Å². The lowest BCUT2D eigenvalue weighted by atomic mass is 10.1. The Hall–Kier alpha value is -3.42. The van der Waals surface area contributed by atoms with Gasteiger partial charge in [0.25, 0.3) is 0 Å². The van der Waals surface area contributed by atoms with Gasteiger partial charge in [0.05, 0.1) is 12.3 Å². The van der Waals surface area contributed by atoms with E-state index in [1.165, 1.54) is 25.9 Å². The molecule has 1 aliphatic rings. The first-order valence-corrected chi connectivity index (χ1v) is 11.1. The molecule has 5 rings (SSSR count). The number of nitrogens with one attached hydrogen (secondary N) is 1. The maximum absolute atomic E-state index is 9.45. The lowest BCUT2D eigenvalue weighted by Crippen LogP contribution is -2.25. The molecule has 2 aromatic carbocycles. The number of hydrogen-bond donors (Lipinski definition) is 2. The van der Waals surface area contributed by atoms with E-state index in [9.17, 15) is 5.11 Å². The molecular weight excluding hydrogens is 402 g/mol. The van der Waals surface area contributed by atoms with Crippen LogP contribution in [0.2, 0.25) is 0 Å². The van der Waals surface area contributed by atoms with Crippen molar-refractivity contribution in [3.05, 3.63) is 72.3 Å². The topological polar surface area (TPSA) is 74.9 Å². The van der Waals surface area contributed by atoms with E-state index in [-0.39, 0.29) is 6.61 Å². The highest BCUT2D eigenvalue weighted by atomic mass is 16.5. The van der Waals surface area contributed by atoms with Gasteiger partial charge < -0.3 is 15.2 Å². The quantitative estimate of drug-likeness (QED) is 0.439. The number of aromatic nitrogens is 3. The summed E-state index contributed by atoms with van der Waals surface area (Å²) in [4.78, 5) is 7.05. The molecule has 3 heterocycles. The lowest BCUT2D eigenvalue weighted by molar-refractivity contribution is 0.238. The van der Waals surface area contributed by atoms with Crippen molar-refractivity contribution in [1.29, 1.82) is 0 Å². The first-order valence-electron chi connectivity index (χ1n) is 11.1. The minimum absolute atomic E-state index is 0.00590. The highest BCUT2D eigenvalue weighted by molar-refractivity contribution is 5.65. The summed E-state index contributed by atoms with van der Waals surface area (Å²) in [6.07, 6.45) is 2.60. The van der Waals surface area contributed by atoms with Crippen molar-refractivity contribution in [3.63, 3.8) is 0 Å². The molecule has 0 aliphatic carbocycles. The summed E-state index contributed by atoms with van der Waals surface area (Å²) in [5.74, 6) is 1.39. The first-order chi connectivity index (χ1) is 15.8. The van der Waals surface area contributed by atoms with Gasteiger partial charge in [0.2, 0.25) is 5.95 Å². The summed E-state index contributed by atoms with van der Waals surface area (Å²) in [5.41, 5.74) is 4.41. The van der Waals surface area contributed by atoms with Gasteiger partial charge in [-0.05, 0) is 74.0 Å². The standard InChI is InChI=1S/C25H27N5O2/c31-18-19-5-3-6-20(17-19)23-7-4-8-24-27-25(28-30(23)24)26-21-9-11-22(12-10-21)32-16-15-29-13-1-2-14-29/h3-12,17,31H,1-2,13-16,18H2,(H,26,28). The molecule has 4 aromatic rings. The number of pyridine rings is 1. The van der Waals surface area contributed by atoms with Crippen molar-refractivity contribution in [1.82, 2.24) is 19.5 Å². The van der Waals surface area contributed by atoms with Crippen LogP contribution in [-0.2, 0) is 6.61 Å². The van der Waals surface area contributed by atoms with Gasteiger partial charge in [0, 0.05) is 17.8 Å². The average molecular weight is 430 g/mol. The van der Waals surface area contributed by atoms with E-state index in [4.69, 9.17) is 4.74 Å². The molecule has 32 heavy (non-hydrogen) atoms. The molecular formula is C25H27N5O2. The minimum atomic E-state index is 0.00590. The molecule has 0 spiro atoms. The van der Waals surface area contributed by atoms with Crippen LogP contribution in [0.3, 0.4) is 0 Å². The molecule has 7 heteroatoms. The maximum Gasteiger partial charge on any atom is 0.247 e. The number of hydrogen-bond acceptors (Lipinski definition) is 6. The van der Waals surface area contributed by atoms with E-state index in [2.05, 4.69) is 20.3 Å². The number of aliphatic hydroxyl groups is 1. The van der Waals surface area contributed by atoms with Gasteiger partial charge in [-0.1, -0.05) is 24.3 Å². The van der Waals surface area contributed by atoms with Crippen LogP contribution in [0.1, 0.15) is 18.4 Å². The number of benzene rings is 2. The molecule has 1 saturated heterocycles. The molecule has 0 bridgehead atoms. The predicted octanol–water partition coefficient (Wildman–Crippen LogP) is 4.11. The molecule has 1 aliphatic heterocycles. The van der Waals surface area contributed by atoms with Crippen LogP contribution in [0.25, 0.3) is 16.9 Å². The molecule has 0 saturated carbocycles. The molecule has 2 N–H and O–H groups in total. The van der Waals surface area contributed by atoms with Crippen LogP contribution < -0.4 is 10.1 Å². The Bertz CT molecular complexity index is 1180. The fraction of sp³-hybridized carbons (Fsp3) is 0.280. The fourth-order valence-electron chi connectivity index (χ4n) is 4.07. The normalized spacial score (nSPS) is 14.2. The summed E-state index contributed by atoms with van der Waals surface area (Å²) in [6, 6.07) is 21.6. The Labute approximate surface area is 187 Å². The van der Waals surface area contributed by atoms with Crippen LogP contribution in [0.4, 0.5) is 11.6 Å². The fourth-order valence-corrected chi connectivity index (χ4v) is 4.07. The first kappa shape index (κ1) is 20.5. The summed E-state index contributed by atoms with van der Waals surface area (Å²) in [5, 5.41) is 17.4. The third kappa shape index (κ3) is 4.59. The summed E-state index contributed by atoms with van der Waals surface area (Å²) >= 11 is 0. The molecule has 164 valence electrons. The number of aliphatic hydroxyl groups excluding tert-OH is 1. The van der Waals surface area contributed by atoms with Crippen molar-refractivity contribution in [3.8, 4) is 17.0 Å². The van der Waals surface area contributed by atoms with Gasteiger partial charge in [-0.15, -0.1) is 5.10 Å². The summed E-state index contributed by atoms with van der Waals surface area (Å²) < 4.78 is 7.70. The predicted molar refractivity (Wildman–Crippen MR) is 125 cm³/mol. The lowest BCUT2D eigenvalue weighted by Gasteiger charge is -2.15. The van der Waals surface area contributed by atoms with E-state index in [1.807, 2.05) is 71.2 Å². The van der Waals surface area contributed by atoms with Crippen LogP contribution in [0, 0.1) is 0 Å². The van der Waals surface area contributed by atoms with Gasteiger partial charge in [-0.3, -0.25) is 4.90 Å². The smallest absolute Gasteiger partial charge is 0.247 e. The average Bonchev–Trinajstić information content (AvgIpc) is 3.49. The molecule has 0 radical (unpaired) electrons. The van der Waals surface area contributed by atoms with Crippen molar-refractivity contribution < 1.29 is 9.84 Å². The zero-order valence-corrected chi connectivity index (χ0v) is 17.9. The second-order valence-electron chi connectivity index (χ2n) is 8.02. The Morgan fingerprint density at radius 1 is 0.969 bits per heavy atom. The molecule has 0 amide bonds. The number of ether oxygens (including phenoxy) is 1. The van der Waals surface area contributed by atoms with Crippen molar-refractivity contribution >= 4 is 17.3 Å². The van der Waals surface area contributed by atoms with E-state index in [0.29, 0.717) is 12.6 Å². The van der Waals surface area contributed by atoms with Gasteiger partial charge in [0.15, 0.2) is 5.65 Å². The highest BCUT2D eigenvalue weighted by Gasteiger charge is 2.11. The van der Waals surface area contributed by atoms with Gasteiger partial charge in [-0.2, -0.15) is 4.98 Å². The highest BCUT2D eigenvalue weighted by Crippen LogP contribution is 2.24. The monoisotopic (exact) mass is 429 g/mol. The third-order valence-electron chi connectivity index (χ3n) is 5.75. The Morgan fingerprint density at radius 2 is 1.78 bits per heavy atom. The molecule has 1 fully saturated rings. The van der Waals surface area contributed by atoms with E-state index < -0.39 is 0 Å². The second kappa shape index (κ2) is 9.38. The van der Waals surface area contributed by atoms with Gasteiger partial charge in [0.1, 0.15) is 12.4 Å². The van der Waals surface area contributed by atoms with Crippen molar-refractivity contribution in [2.45, 2.75) is 19.4 Å². The largest absolute Gasteiger partial charge is 0.492 e.